The number of carbonyl (C=O) groups is 2. The van der Waals surface area contributed by atoms with Crippen LogP contribution in [0.4, 0.5) is 14.9 Å². The largest absolute Gasteiger partial charge is 0.349 e. The van der Waals surface area contributed by atoms with E-state index in [0.717, 1.165) is 6.42 Å². The highest BCUT2D eigenvalue weighted by atomic mass is 19.1. The average Bonchev–Trinajstić information content (AvgIpc) is 2.63. The second kappa shape index (κ2) is 8.49. The van der Waals surface area contributed by atoms with E-state index in [0.29, 0.717) is 26.1 Å². The molecule has 1 aliphatic rings. The lowest BCUT2D eigenvalue weighted by molar-refractivity contribution is -0.128. The summed E-state index contributed by atoms with van der Waals surface area (Å²) in [6.45, 7) is 7.17. The van der Waals surface area contributed by atoms with Gasteiger partial charge in [0.25, 0.3) is 0 Å². The van der Waals surface area contributed by atoms with E-state index in [2.05, 4.69) is 10.6 Å². The number of piperidine rings is 1. The van der Waals surface area contributed by atoms with E-state index in [4.69, 9.17) is 5.73 Å². The van der Waals surface area contributed by atoms with Crippen LogP contribution in [0.5, 0.6) is 0 Å². The molecule has 2 rings (SSSR count). The predicted molar refractivity (Wildman–Crippen MR) is 100 cm³/mol. The monoisotopic (exact) mass is 364 g/mol. The molecular formula is C19H29FN4O2. The molecular weight excluding hydrogens is 335 g/mol. The van der Waals surface area contributed by atoms with E-state index >= 15 is 0 Å². The fraction of sp³-hybridized carbons (Fsp3) is 0.579. The number of anilines is 1. The van der Waals surface area contributed by atoms with Gasteiger partial charge < -0.3 is 21.3 Å². The molecule has 2 atom stereocenters. The summed E-state index contributed by atoms with van der Waals surface area (Å²) in [6, 6.07) is 5.64. The van der Waals surface area contributed by atoms with Gasteiger partial charge in [-0.05, 0) is 37.8 Å². The standard InChI is InChI=1S/C19H29FN4O2/c1-13(2)19(3,12-21)23-17(25)14-7-6-10-24(11-14)18(26)22-16-9-5-4-8-15(16)20/h4-5,8-9,13-14H,6-7,10-12,21H2,1-3H3,(H,22,26)(H,23,25). The summed E-state index contributed by atoms with van der Waals surface area (Å²) in [5.74, 6) is -0.668. The van der Waals surface area contributed by atoms with Crippen LogP contribution in [-0.2, 0) is 4.79 Å². The van der Waals surface area contributed by atoms with Crippen LogP contribution in [0.25, 0.3) is 0 Å². The number of rotatable bonds is 5. The smallest absolute Gasteiger partial charge is 0.321 e. The highest BCUT2D eigenvalue weighted by Gasteiger charge is 2.34. The molecule has 0 saturated carbocycles. The summed E-state index contributed by atoms with van der Waals surface area (Å²) >= 11 is 0. The molecule has 2 unspecified atom stereocenters. The predicted octanol–water partition coefficient (Wildman–Crippen LogP) is 2.56. The third kappa shape index (κ3) is 4.72. The maximum absolute atomic E-state index is 13.7. The number of amides is 3. The highest BCUT2D eigenvalue weighted by Crippen LogP contribution is 2.22. The fourth-order valence-corrected chi connectivity index (χ4v) is 2.95. The molecule has 1 fully saturated rings. The summed E-state index contributed by atoms with van der Waals surface area (Å²) in [6.07, 6.45) is 1.44. The van der Waals surface area contributed by atoms with Crippen LogP contribution >= 0.6 is 0 Å². The molecule has 0 bridgehead atoms. The molecule has 0 aliphatic carbocycles. The number of nitrogens with one attached hydrogen (secondary N) is 2. The van der Waals surface area contributed by atoms with Crippen molar-refractivity contribution < 1.29 is 14.0 Å². The van der Waals surface area contributed by atoms with Crippen molar-refractivity contribution in [2.75, 3.05) is 25.0 Å². The summed E-state index contributed by atoms with van der Waals surface area (Å²) in [7, 11) is 0. The molecule has 0 aromatic heterocycles. The lowest BCUT2D eigenvalue weighted by Gasteiger charge is -2.37. The second-order valence-corrected chi connectivity index (χ2v) is 7.46. The SMILES string of the molecule is CC(C)C(C)(CN)NC(=O)C1CCCN(C(=O)Nc2ccccc2F)C1. The van der Waals surface area contributed by atoms with Gasteiger partial charge in [0.15, 0.2) is 0 Å². The van der Waals surface area contributed by atoms with E-state index in [1.165, 1.54) is 12.1 Å². The molecule has 1 saturated heterocycles. The molecule has 0 radical (unpaired) electrons. The van der Waals surface area contributed by atoms with Gasteiger partial charge in [0.1, 0.15) is 5.82 Å². The number of nitrogens with zero attached hydrogens (tertiary/aromatic N) is 1. The van der Waals surface area contributed by atoms with Crippen molar-refractivity contribution in [3.05, 3.63) is 30.1 Å². The zero-order chi connectivity index (χ0) is 19.3. The van der Waals surface area contributed by atoms with E-state index in [9.17, 15) is 14.0 Å². The molecule has 4 N–H and O–H groups in total. The normalized spacial score (nSPS) is 19.8. The molecule has 0 spiro atoms. The first-order chi connectivity index (χ1) is 12.3. The lowest BCUT2D eigenvalue weighted by Crippen LogP contribution is -2.58. The Morgan fingerprint density at radius 1 is 1.38 bits per heavy atom. The quantitative estimate of drug-likeness (QED) is 0.750. The zero-order valence-electron chi connectivity index (χ0n) is 15.7. The van der Waals surface area contributed by atoms with Crippen molar-refractivity contribution in [2.45, 2.75) is 39.2 Å². The van der Waals surface area contributed by atoms with Crippen molar-refractivity contribution >= 4 is 17.6 Å². The van der Waals surface area contributed by atoms with Gasteiger partial charge in [0.2, 0.25) is 5.91 Å². The fourth-order valence-electron chi connectivity index (χ4n) is 2.95. The Kier molecular flexibility index (Phi) is 6.58. The zero-order valence-corrected chi connectivity index (χ0v) is 15.7. The Morgan fingerprint density at radius 3 is 2.69 bits per heavy atom. The summed E-state index contributed by atoms with van der Waals surface area (Å²) < 4.78 is 13.7. The maximum atomic E-state index is 13.7. The number of hydrogen-bond donors (Lipinski definition) is 3. The molecule has 1 aliphatic heterocycles. The van der Waals surface area contributed by atoms with Crippen LogP contribution < -0.4 is 16.4 Å². The van der Waals surface area contributed by atoms with Crippen molar-refractivity contribution in [3.8, 4) is 0 Å². The number of benzene rings is 1. The maximum Gasteiger partial charge on any atom is 0.321 e. The van der Waals surface area contributed by atoms with Crippen LogP contribution in [0.3, 0.4) is 0 Å². The molecule has 26 heavy (non-hydrogen) atoms. The Balaban J connectivity index is 1.99. The first-order valence-corrected chi connectivity index (χ1v) is 9.09. The van der Waals surface area contributed by atoms with Crippen molar-refractivity contribution in [3.63, 3.8) is 0 Å². The lowest BCUT2D eigenvalue weighted by atomic mass is 9.87. The highest BCUT2D eigenvalue weighted by molar-refractivity contribution is 5.90. The summed E-state index contributed by atoms with van der Waals surface area (Å²) in [4.78, 5) is 26.7. The minimum atomic E-state index is -0.484. The number of urea groups is 1. The van der Waals surface area contributed by atoms with Gasteiger partial charge in [-0.15, -0.1) is 0 Å². The first kappa shape index (κ1) is 20.2. The van der Waals surface area contributed by atoms with Crippen molar-refractivity contribution in [2.24, 2.45) is 17.6 Å². The van der Waals surface area contributed by atoms with Crippen LogP contribution in [0.2, 0.25) is 0 Å². The second-order valence-electron chi connectivity index (χ2n) is 7.46. The minimum absolute atomic E-state index is 0.0879. The molecule has 144 valence electrons. The number of hydrogen-bond acceptors (Lipinski definition) is 3. The molecule has 1 aromatic rings. The number of likely N-dealkylation sites (tertiary alicyclic amines) is 1. The van der Waals surface area contributed by atoms with E-state index in [1.54, 1.807) is 17.0 Å². The third-order valence-electron chi connectivity index (χ3n) is 5.30. The Hall–Kier alpha value is -2.15. The van der Waals surface area contributed by atoms with Crippen LogP contribution in [0.15, 0.2) is 24.3 Å². The Bertz CT molecular complexity index is 652. The molecule has 7 heteroatoms. The van der Waals surface area contributed by atoms with Gasteiger partial charge in [-0.1, -0.05) is 26.0 Å². The van der Waals surface area contributed by atoms with Crippen molar-refractivity contribution in [1.29, 1.82) is 0 Å². The van der Waals surface area contributed by atoms with Crippen molar-refractivity contribution in [1.82, 2.24) is 10.2 Å². The van der Waals surface area contributed by atoms with Crippen LogP contribution in [-0.4, -0.2) is 42.0 Å². The van der Waals surface area contributed by atoms with Gasteiger partial charge in [0, 0.05) is 19.6 Å². The van der Waals surface area contributed by atoms with Crippen LogP contribution in [0, 0.1) is 17.7 Å². The van der Waals surface area contributed by atoms with Crippen LogP contribution in [0.1, 0.15) is 33.6 Å². The topological polar surface area (TPSA) is 87.5 Å². The molecule has 1 heterocycles. The first-order valence-electron chi connectivity index (χ1n) is 9.09. The number of halogens is 1. The Labute approximate surface area is 154 Å². The molecule has 6 nitrogen and oxygen atoms in total. The average molecular weight is 364 g/mol. The minimum Gasteiger partial charge on any atom is -0.349 e. The van der Waals surface area contributed by atoms with Gasteiger partial charge in [-0.2, -0.15) is 0 Å². The van der Waals surface area contributed by atoms with Gasteiger partial charge in [-0.3, -0.25) is 4.79 Å². The Morgan fingerprint density at radius 2 is 2.08 bits per heavy atom. The number of para-hydroxylation sites is 1. The summed E-state index contributed by atoms with van der Waals surface area (Å²) in [5, 5.41) is 5.63. The van der Waals surface area contributed by atoms with E-state index in [1.807, 2.05) is 20.8 Å². The summed E-state index contributed by atoms with van der Waals surface area (Å²) in [5.41, 5.74) is 5.50. The van der Waals surface area contributed by atoms with Gasteiger partial charge in [-0.25, -0.2) is 9.18 Å². The van der Waals surface area contributed by atoms with E-state index < -0.39 is 17.4 Å². The number of nitrogens with two attached hydrogens (primary N) is 1. The number of carbonyl (C=O) groups excluding carboxylic acids is 2. The van der Waals surface area contributed by atoms with E-state index in [-0.39, 0.29) is 23.4 Å². The van der Waals surface area contributed by atoms with Gasteiger partial charge in [0.05, 0.1) is 17.1 Å². The molecule has 3 amide bonds. The van der Waals surface area contributed by atoms with Gasteiger partial charge >= 0.3 is 6.03 Å². The molecule has 1 aromatic carbocycles. The third-order valence-corrected chi connectivity index (χ3v) is 5.30.